The van der Waals surface area contributed by atoms with Crippen LogP contribution in [0.15, 0.2) is 35.2 Å². The summed E-state index contributed by atoms with van der Waals surface area (Å²) in [5.41, 5.74) is 11.1. The van der Waals surface area contributed by atoms with Gasteiger partial charge in [0.2, 0.25) is 0 Å². The van der Waals surface area contributed by atoms with E-state index in [1.807, 2.05) is 13.0 Å². The van der Waals surface area contributed by atoms with E-state index < -0.39 is 0 Å². The fourth-order valence-electron chi connectivity index (χ4n) is 4.05. The smallest absolute Gasteiger partial charge is 0.124 e. The first kappa shape index (κ1) is 18.3. The maximum absolute atomic E-state index is 10.3. The second-order valence-electron chi connectivity index (χ2n) is 7.25. The topological polar surface area (TPSA) is 85.3 Å². The van der Waals surface area contributed by atoms with Gasteiger partial charge in [0.15, 0.2) is 0 Å². The standard InChI is InChI=1S/C21H28N4O/c1-14(18-8-7-16(12-22)11-20(18)26)15(2)19-6-4-10-25(21(19)23)17-5-3-9-24-13-17/h7-8,11,17,24,26H,3-6,9-10,13,23H2,1-2H3/b15-14+. The average molecular weight is 352 g/mol. The van der Waals surface area contributed by atoms with Crippen LogP contribution in [-0.4, -0.2) is 35.7 Å². The van der Waals surface area contributed by atoms with Gasteiger partial charge in [0.1, 0.15) is 11.6 Å². The molecule has 0 aliphatic carbocycles. The molecular formula is C21H28N4O. The Balaban J connectivity index is 1.94. The van der Waals surface area contributed by atoms with Crippen molar-refractivity contribution in [2.45, 2.75) is 45.6 Å². The number of phenols is 1. The number of hydrogen-bond acceptors (Lipinski definition) is 5. The number of hydrogen-bond donors (Lipinski definition) is 3. The molecule has 5 nitrogen and oxygen atoms in total. The van der Waals surface area contributed by atoms with E-state index >= 15 is 0 Å². The minimum Gasteiger partial charge on any atom is -0.507 e. The van der Waals surface area contributed by atoms with Crippen molar-refractivity contribution in [3.05, 3.63) is 46.3 Å². The molecule has 26 heavy (non-hydrogen) atoms. The molecule has 2 aliphatic heterocycles. The molecular weight excluding hydrogens is 324 g/mol. The largest absolute Gasteiger partial charge is 0.507 e. The first-order chi connectivity index (χ1) is 12.5. The van der Waals surface area contributed by atoms with Crippen molar-refractivity contribution >= 4 is 5.57 Å². The molecule has 5 heteroatoms. The number of aromatic hydroxyl groups is 1. The highest BCUT2D eigenvalue weighted by atomic mass is 16.3. The third-order valence-electron chi connectivity index (χ3n) is 5.70. The zero-order chi connectivity index (χ0) is 18.7. The lowest BCUT2D eigenvalue weighted by Crippen LogP contribution is -2.49. The monoisotopic (exact) mass is 352 g/mol. The summed E-state index contributed by atoms with van der Waals surface area (Å²) in [6.07, 6.45) is 4.43. The van der Waals surface area contributed by atoms with Crippen LogP contribution >= 0.6 is 0 Å². The van der Waals surface area contributed by atoms with E-state index in [1.54, 1.807) is 6.07 Å². The Morgan fingerprint density at radius 1 is 1.31 bits per heavy atom. The van der Waals surface area contributed by atoms with Gasteiger partial charge in [-0.2, -0.15) is 5.26 Å². The molecule has 1 aromatic carbocycles. The minimum atomic E-state index is 0.143. The number of piperidine rings is 1. The number of nitrogens with two attached hydrogens (primary N) is 1. The fraction of sp³-hybridized carbons (Fsp3) is 0.476. The summed E-state index contributed by atoms with van der Waals surface area (Å²) >= 11 is 0. The average Bonchev–Trinajstić information content (AvgIpc) is 2.67. The van der Waals surface area contributed by atoms with Crippen molar-refractivity contribution in [3.63, 3.8) is 0 Å². The van der Waals surface area contributed by atoms with Gasteiger partial charge >= 0.3 is 0 Å². The molecule has 0 bridgehead atoms. The van der Waals surface area contributed by atoms with Crippen molar-refractivity contribution in [1.29, 1.82) is 5.26 Å². The summed E-state index contributed by atoms with van der Waals surface area (Å²) in [7, 11) is 0. The lowest BCUT2D eigenvalue weighted by atomic mass is 9.90. The van der Waals surface area contributed by atoms with Gasteiger partial charge < -0.3 is 21.1 Å². The number of allylic oxidation sites excluding steroid dienone is 3. The number of nitrogens with one attached hydrogen (secondary N) is 1. The Morgan fingerprint density at radius 3 is 2.77 bits per heavy atom. The van der Waals surface area contributed by atoms with Crippen molar-refractivity contribution in [2.24, 2.45) is 5.73 Å². The predicted octanol–water partition coefficient (Wildman–Crippen LogP) is 3.08. The van der Waals surface area contributed by atoms with E-state index in [9.17, 15) is 5.11 Å². The van der Waals surface area contributed by atoms with Crippen molar-refractivity contribution in [3.8, 4) is 11.8 Å². The van der Waals surface area contributed by atoms with E-state index in [4.69, 9.17) is 11.0 Å². The maximum Gasteiger partial charge on any atom is 0.124 e. The van der Waals surface area contributed by atoms with Gasteiger partial charge in [0.05, 0.1) is 11.6 Å². The van der Waals surface area contributed by atoms with Crippen LogP contribution in [-0.2, 0) is 0 Å². The molecule has 2 heterocycles. The summed E-state index contributed by atoms with van der Waals surface area (Å²) in [4.78, 5) is 2.36. The number of phenolic OH excluding ortho intramolecular Hbond substituents is 1. The highest BCUT2D eigenvalue weighted by Gasteiger charge is 2.27. The van der Waals surface area contributed by atoms with E-state index in [2.05, 4.69) is 23.2 Å². The van der Waals surface area contributed by atoms with Crippen molar-refractivity contribution in [1.82, 2.24) is 10.2 Å². The summed E-state index contributed by atoms with van der Waals surface area (Å²) in [6.45, 7) is 7.19. The SMILES string of the molecule is C/C(C1=C(N)N(C2CCCNC2)CCC1)=C(/C)c1ccc(C#N)cc1O. The van der Waals surface area contributed by atoms with Crippen LogP contribution in [0.2, 0.25) is 0 Å². The van der Waals surface area contributed by atoms with E-state index in [1.165, 1.54) is 24.5 Å². The maximum atomic E-state index is 10.3. The van der Waals surface area contributed by atoms with Crippen LogP contribution in [0.5, 0.6) is 5.75 Å². The Hall–Kier alpha value is -2.45. The zero-order valence-electron chi connectivity index (χ0n) is 15.7. The summed E-state index contributed by atoms with van der Waals surface area (Å²) in [5.74, 6) is 1.03. The van der Waals surface area contributed by atoms with Crippen LogP contribution in [0.25, 0.3) is 5.57 Å². The minimum absolute atomic E-state index is 0.143. The van der Waals surface area contributed by atoms with Gasteiger partial charge in [-0.05, 0) is 81.0 Å². The third kappa shape index (κ3) is 3.56. The molecule has 1 unspecified atom stereocenters. The fourth-order valence-corrected chi connectivity index (χ4v) is 4.05. The highest BCUT2D eigenvalue weighted by molar-refractivity contribution is 5.75. The second-order valence-corrected chi connectivity index (χ2v) is 7.25. The normalized spacial score (nSPS) is 22.0. The molecule has 0 amide bonds. The molecule has 0 saturated carbocycles. The summed E-state index contributed by atoms with van der Waals surface area (Å²) in [6, 6.07) is 7.60. The van der Waals surface area contributed by atoms with Crippen LogP contribution in [0.3, 0.4) is 0 Å². The molecule has 1 saturated heterocycles. The Kier molecular flexibility index (Phi) is 5.53. The van der Waals surface area contributed by atoms with E-state index in [0.717, 1.165) is 55.0 Å². The van der Waals surface area contributed by atoms with E-state index in [-0.39, 0.29) is 5.75 Å². The van der Waals surface area contributed by atoms with Crippen molar-refractivity contribution < 1.29 is 5.11 Å². The molecule has 1 atom stereocenters. The van der Waals surface area contributed by atoms with Crippen LogP contribution in [0.1, 0.15) is 50.7 Å². The predicted molar refractivity (Wildman–Crippen MR) is 104 cm³/mol. The van der Waals surface area contributed by atoms with Gasteiger partial charge in [-0.3, -0.25) is 0 Å². The zero-order valence-corrected chi connectivity index (χ0v) is 15.7. The van der Waals surface area contributed by atoms with Gasteiger partial charge in [-0.15, -0.1) is 0 Å². The molecule has 2 aliphatic rings. The number of rotatable bonds is 3. The molecule has 4 N–H and O–H groups in total. The molecule has 3 rings (SSSR count). The first-order valence-electron chi connectivity index (χ1n) is 9.40. The number of benzene rings is 1. The first-order valence-corrected chi connectivity index (χ1v) is 9.40. The number of nitrogens with zero attached hydrogens (tertiary/aromatic N) is 2. The molecule has 1 fully saturated rings. The highest BCUT2D eigenvalue weighted by Crippen LogP contribution is 2.35. The van der Waals surface area contributed by atoms with Gasteiger partial charge in [0, 0.05) is 24.7 Å². The Morgan fingerprint density at radius 2 is 2.12 bits per heavy atom. The van der Waals surface area contributed by atoms with Gasteiger partial charge in [-0.25, -0.2) is 0 Å². The Bertz CT molecular complexity index is 782. The molecule has 0 spiro atoms. The quantitative estimate of drug-likeness (QED) is 0.778. The molecule has 0 radical (unpaired) electrons. The van der Waals surface area contributed by atoms with Crippen molar-refractivity contribution in [2.75, 3.05) is 19.6 Å². The van der Waals surface area contributed by atoms with E-state index in [0.29, 0.717) is 11.6 Å². The van der Waals surface area contributed by atoms with Crippen LogP contribution in [0.4, 0.5) is 0 Å². The Labute approximate surface area is 155 Å². The lowest BCUT2D eigenvalue weighted by Gasteiger charge is -2.40. The van der Waals surface area contributed by atoms with Crippen LogP contribution < -0.4 is 11.1 Å². The molecule has 138 valence electrons. The second kappa shape index (κ2) is 7.84. The lowest BCUT2D eigenvalue weighted by molar-refractivity contribution is 0.195. The van der Waals surface area contributed by atoms with Gasteiger partial charge in [-0.1, -0.05) is 0 Å². The van der Waals surface area contributed by atoms with Gasteiger partial charge in [0.25, 0.3) is 0 Å². The molecule has 1 aromatic rings. The summed E-state index contributed by atoms with van der Waals surface area (Å²) < 4.78 is 0. The van der Waals surface area contributed by atoms with Crippen LogP contribution in [0, 0.1) is 11.3 Å². The third-order valence-corrected chi connectivity index (χ3v) is 5.70. The number of nitriles is 1. The molecule has 0 aromatic heterocycles. The summed E-state index contributed by atoms with van der Waals surface area (Å²) in [5, 5.41) is 22.8.